The molecule has 0 aliphatic heterocycles. The molecule has 0 radical (unpaired) electrons. The maximum absolute atomic E-state index is 12.4. The number of nitrogens with one attached hydrogen (secondary N) is 2. The number of amides is 2. The lowest BCUT2D eigenvalue weighted by Gasteiger charge is -2.12. The zero-order valence-corrected chi connectivity index (χ0v) is 16.6. The van der Waals surface area contributed by atoms with Crippen molar-refractivity contribution in [2.45, 2.75) is 26.7 Å². The largest absolute Gasteiger partial charge is 0.347 e. The summed E-state index contributed by atoms with van der Waals surface area (Å²) in [6.45, 7) is 3.70. The van der Waals surface area contributed by atoms with E-state index in [1.165, 1.54) is 0 Å². The molecule has 0 aliphatic carbocycles. The maximum Gasteiger partial charge on any atom is 0.243 e. The van der Waals surface area contributed by atoms with Gasteiger partial charge in [0, 0.05) is 24.1 Å². The quantitative estimate of drug-likeness (QED) is 0.597. The number of rotatable bonds is 7. The van der Waals surface area contributed by atoms with E-state index in [0.717, 1.165) is 27.6 Å². The molecule has 3 aromatic rings. The summed E-state index contributed by atoms with van der Waals surface area (Å²) in [6, 6.07) is 19.1. The molecule has 0 spiro atoms. The van der Waals surface area contributed by atoms with Crippen molar-refractivity contribution < 1.29 is 14.4 Å². The smallest absolute Gasteiger partial charge is 0.243 e. The third-order valence-corrected chi connectivity index (χ3v) is 4.84. The fourth-order valence-corrected chi connectivity index (χ4v) is 3.20. The van der Waals surface area contributed by atoms with Gasteiger partial charge in [0.15, 0.2) is 5.78 Å². The zero-order valence-electron chi connectivity index (χ0n) is 16.6. The van der Waals surface area contributed by atoms with E-state index in [2.05, 4.69) is 10.6 Å². The van der Waals surface area contributed by atoms with Gasteiger partial charge in [-0.25, -0.2) is 0 Å². The second-order valence-electron chi connectivity index (χ2n) is 7.08. The average Bonchev–Trinajstić information content (AvgIpc) is 2.72. The Morgan fingerprint density at radius 1 is 0.759 bits per heavy atom. The fourth-order valence-electron chi connectivity index (χ4n) is 3.20. The van der Waals surface area contributed by atoms with E-state index < -0.39 is 0 Å². The second kappa shape index (κ2) is 9.15. The molecule has 0 bridgehead atoms. The second-order valence-corrected chi connectivity index (χ2v) is 7.08. The molecule has 0 fully saturated rings. The van der Waals surface area contributed by atoms with Crippen molar-refractivity contribution in [2.24, 2.45) is 0 Å². The monoisotopic (exact) mass is 388 g/mol. The molecule has 0 saturated carbocycles. The molecule has 5 nitrogen and oxygen atoms in total. The Bertz CT molecular complexity index is 1050. The number of Topliss-reactive ketones (excluding diaryl/α,β-unsaturated/α-hetero) is 1. The Balaban J connectivity index is 1.47. The van der Waals surface area contributed by atoms with Crippen LogP contribution in [0.4, 0.5) is 5.69 Å². The molecule has 3 aromatic carbocycles. The molecule has 148 valence electrons. The van der Waals surface area contributed by atoms with Gasteiger partial charge in [-0.15, -0.1) is 0 Å². The number of ketones is 1. The van der Waals surface area contributed by atoms with Gasteiger partial charge in [-0.1, -0.05) is 54.6 Å². The molecule has 0 saturated heterocycles. The van der Waals surface area contributed by atoms with Gasteiger partial charge in [0.1, 0.15) is 0 Å². The molecular formula is C24H24N2O3. The molecule has 29 heavy (non-hydrogen) atoms. The van der Waals surface area contributed by atoms with E-state index in [4.69, 9.17) is 0 Å². The number of carbonyl (C=O) groups excluding carboxylic acids is 3. The van der Waals surface area contributed by atoms with Crippen LogP contribution in [0.2, 0.25) is 0 Å². The Labute approximate surface area is 170 Å². The van der Waals surface area contributed by atoms with Crippen LogP contribution in [0.25, 0.3) is 10.8 Å². The molecule has 0 aliphatic rings. The Morgan fingerprint density at radius 3 is 2.17 bits per heavy atom. The minimum absolute atomic E-state index is 0.0440. The van der Waals surface area contributed by atoms with Crippen LogP contribution in [0, 0.1) is 13.8 Å². The van der Waals surface area contributed by atoms with E-state index in [1.807, 2.05) is 68.4 Å². The van der Waals surface area contributed by atoms with E-state index in [9.17, 15) is 14.4 Å². The third-order valence-electron chi connectivity index (χ3n) is 4.84. The Kier molecular flexibility index (Phi) is 6.39. The van der Waals surface area contributed by atoms with Crippen LogP contribution in [0.15, 0.2) is 60.7 Å². The van der Waals surface area contributed by atoms with Crippen LogP contribution in [-0.4, -0.2) is 24.1 Å². The molecule has 3 rings (SSSR count). The van der Waals surface area contributed by atoms with Crippen LogP contribution in [-0.2, 0) is 9.59 Å². The number of fused-ring (bicyclic) bond motifs is 1. The molecule has 0 atom stereocenters. The van der Waals surface area contributed by atoms with Crippen molar-refractivity contribution in [3.8, 4) is 0 Å². The van der Waals surface area contributed by atoms with E-state index >= 15 is 0 Å². The molecule has 2 amide bonds. The van der Waals surface area contributed by atoms with E-state index in [1.54, 1.807) is 6.07 Å². The van der Waals surface area contributed by atoms with Crippen LogP contribution in [0.3, 0.4) is 0 Å². The van der Waals surface area contributed by atoms with Crippen molar-refractivity contribution in [2.75, 3.05) is 11.9 Å². The van der Waals surface area contributed by atoms with Gasteiger partial charge in [0.25, 0.3) is 0 Å². The summed E-state index contributed by atoms with van der Waals surface area (Å²) in [5.41, 5.74) is 3.28. The van der Waals surface area contributed by atoms with Gasteiger partial charge in [0.05, 0.1) is 6.54 Å². The first kappa shape index (κ1) is 20.3. The van der Waals surface area contributed by atoms with Crippen molar-refractivity contribution in [3.05, 3.63) is 77.4 Å². The SMILES string of the molecule is Cc1cccc(C)c1NC(=O)CNC(=O)CCC(=O)c1ccc2ccccc2c1. The summed E-state index contributed by atoms with van der Waals surface area (Å²) >= 11 is 0. The van der Waals surface area contributed by atoms with Crippen molar-refractivity contribution >= 4 is 34.1 Å². The standard InChI is InChI=1S/C24H24N2O3/c1-16-6-5-7-17(2)24(16)26-23(29)15-25-22(28)13-12-21(27)20-11-10-18-8-3-4-9-19(18)14-20/h3-11,14H,12-13,15H2,1-2H3,(H,25,28)(H,26,29). The van der Waals surface area contributed by atoms with Gasteiger partial charge in [-0.2, -0.15) is 0 Å². The Morgan fingerprint density at radius 2 is 1.45 bits per heavy atom. The van der Waals surface area contributed by atoms with Crippen LogP contribution < -0.4 is 10.6 Å². The highest BCUT2D eigenvalue weighted by Gasteiger charge is 2.12. The first-order valence-electron chi connectivity index (χ1n) is 9.59. The van der Waals surface area contributed by atoms with Gasteiger partial charge in [0.2, 0.25) is 11.8 Å². The first-order valence-corrected chi connectivity index (χ1v) is 9.59. The summed E-state index contributed by atoms with van der Waals surface area (Å²) in [5, 5.41) is 7.45. The minimum atomic E-state index is -0.323. The average molecular weight is 388 g/mol. The summed E-state index contributed by atoms with van der Waals surface area (Å²) in [6.07, 6.45) is 0.144. The fraction of sp³-hybridized carbons (Fsp3) is 0.208. The highest BCUT2D eigenvalue weighted by atomic mass is 16.2. The molecule has 0 unspecified atom stereocenters. The van der Waals surface area contributed by atoms with Gasteiger partial charge >= 0.3 is 0 Å². The van der Waals surface area contributed by atoms with Gasteiger partial charge in [-0.3, -0.25) is 14.4 Å². The predicted molar refractivity (Wildman–Crippen MR) is 115 cm³/mol. The van der Waals surface area contributed by atoms with Crippen LogP contribution in [0.1, 0.15) is 34.3 Å². The number of benzene rings is 3. The summed E-state index contributed by atoms with van der Waals surface area (Å²) in [4.78, 5) is 36.5. The van der Waals surface area contributed by atoms with Crippen molar-refractivity contribution in [3.63, 3.8) is 0 Å². The lowest BCUT2D eigenvalue weighted by molar-refractivity contribution is -0.124. The van der Waals surface area contributed by atoms with Crippen LogP contribution >= 0.6 is 0 Å². The number of aryl methyl sites for hydroxylation is 2. The normalized spacial score (nSPS) is 10.6. The summed E-state index contributed by atoms with van der Waals surface area (Å²) < 4.78 is 0. The third kappa shape index (κ3) is 5.29. The lowest BCUT2D eigenvalue weighted by atomic mass is 10.0. The number of hydrogen-bond acceptors (Lipinski definition) is 3. The predicted octanol–water partition coefficient (Wildman–Crippen LogP) is 4.17. The van der Waals surface area contributed by atoms with Crippen molar-refractivity contribution in [1.82, 2.24) is 5.32 Å². The minimum Gasteiger partial charge on any atom is -0.347 e. The van der Waals surface area contributed by atoms with Gasteiger partial charge < -0.3 is 10.6 Å². The Hall–Kier alpha value is -3.47. The lowest BCUT2D eigenvalue weighted by Crippen LogP contribution is -2.33. The van der Waals surface area contributed by atoms with E-state index in [-0.39, 0.29) is 37.0 Å². The molecule has 0 aromatic heterocycles. The number of hydrogen-bond donors (Lipinski definition) is 2. The highest BCUT2D eigenvalue weighted by Crippen LogP contribution is 2.19. The van der Waals surface area contributed by atoms with Crippen LogP contribution in [0.5, 0.6) is 0 Å². The highest BCUT2D eigenvalue weighted by molar-refractivity contribution is 6.01. The zero-order chi connectivity index (χ0) is 20.8. The maximum atomic E-state index is 12.4. The molecule has 2 N–H and O–H groups in total. The summed E-state index contributed by atoms with van der Waals surface area (Å²) in [5.74, 6) is -0.710. The van der Waals surface area contributed by atoms with Crippen molar-refractivity contribution in [1.29, 1.82) is 0 Å². The first-order chi connectivity index (χ1) is 13.9. The van der Waals surface area contributed by atoms with Gasteiger partial charge in [-0.05, 0) is 41.8 Å². The summed E-state index contributed by atoms with van der Waals surface area (Å²) in [7, 11) is 0. The molecule has 5 heteroatoms. The molecule has 0 heterocycles. The number of para-hydroxylation sites is 1. The number of anilines is 1. The van der Waals surface area contributed by atoms with E-state index in [0.29, 0.717) is 5.56 Å². The topological polar surface area (TPSA) is 75.3 Å². The molecular weight excluding hydrogens is 364 g/mol. The number of carbonyl (C=O) groups is 3.